The second kappa shape index (κ2) is 7.45. The molecule has 0 fully saturated rings. The number of hydrogen-bond acceptors (Lipinski definition) is 8. The van der Waals surface area contributed by atoms with Crippen LogP contribution < -0.4 is 15.2 Å². The second-order valence-corrected chi connectivity index (χ2v) is 7.15. The fourth-order valence-corrected chi connectivity index (χ4v) is 3.77. The quantitative estimate of drug-likeness (QED) is 0.854. The molecule has 26 heavy (non-hydrogen) atoms. The predicted octanol–water partition coefficient (Wildman–Crippen LogP) is 2.29. The molecular weight excluding hydrogens is 357 g/mol. The van der Waals surface area contributed by atoms with Crippen molar-refractivity contribution in [1.29, 1.82) is 0 Å². The van der Waals surface area contributed by atoms with E-state index in [1.54, 1.807) is 12.1 Å². The number of aromatic nitrogens is 3. The third-order valence-corrected chi connectivity index (χ3v) is 4.97. The van der Waals surface area contributed by atoms with E-state index < -0.39 is 5.54 Å². The summed E-state index contributed by atoms with van der Waals surface area (Å²) in [4.78, 5) is 16.9. The summed E-state index contributed by atoms with van der Waals surface area (Å²) in [5, 5.41) is 0.482. The van der Waals surface area contributed by atoms with Gasteiger partial charge in [0.15, 0.2) is 5.17 Å². The van der Waals surface area contributed by atoms with Gasteiger partial charge in [-0.2, -0.15) is 9.97 Å². The number of rotatable bonds is 5. The smallest absolute Gasteiger partial charge is 0.322 e. The first kappa shape index (κ1) is 18.4. The van der Waals surface area contributed by atoms with E-state index in [2.05, 4.69) is 19.9 Å². The number of methoxy groups -OCH3 is 2. The lowest BCUT2D eigenvalue weighted by atomic mass is 9.88. The minimum Gasteiger partial charge on any atom is -0.467 e. The number of aliphatic imine (C=N–C) groups is 1. The van der Waals surface area contributed by atoms with E-state index in [-0.39, 0.29) is 17.8 Å². The molecule has 138 valence electrons. The number of nitrogens with zero attached hydrogens (tertiary/aromatic N) is 4. The normalized spacial score (nSPS) is 19.8. The molecule has 2 N–H and O–H groups in total. The highest BCUT2D eigenvalue weighted by Gasteiger charge is 2.32. The minimum absolute atomic E-state index is 0.169. The van der Waals surface area contributed by atoms with E-state index in [1.807, 2.05) is 6.92 Å². The molecule has 0 saturated carbocycles. The van der Waals surface area contributed by atoms with Crippen LogP contribution in [0.3, 0.4) is 0 Å². The van der Waals surface area contributed by atoms with Crippen LogP contribution in [0.15, 0.2) is 23.2 Å². The molecule has 1 aliphatic rings. The molecule has 0 unspecified atom stereocenters. The largest absolute Gasteiger partial charge is 0.467 e. The highest BCUT2D eigenvalue weighted by molar-refractivity contribution is 8.13. The molecule has 0 saturated heterocycles. The highest BCUT2D eigenvalue weighted by Crippen LogP contribution is 2.36. The summed E-state index contributed by atoms with van der Waals surface area (Å²) in [7, 11) is 2.94. The van der Waals surface area contributed by atoms with E-state index in [0.29, 0.717) is 29.4 Å². The van der Waals surface area contributed by atoms with E-state index in [0.717, 1.165) is 11.3 Å². The van der Waals surface area contributed by atoms with Crippen LogP contribution in [0.2, 0.25) is 0 Å². The zero-order valence-electron chi connectivity index (χ0n) is 14.8. The molecule has 2 heterocycles. The van der Waals surface area contributed by atoms with E-state index in [9.17, 15) is 4.39 Å². The number of nitrogens with two attached hydrogens (primary N) is 1. The van der Waals surface area contributed by atoms with Gasteiger partial charge in [-0.3, -0.25) is 4.99 Å². The van der Waals surface area contributed by atoms with Crippen LogP contribution in [0, 0.1) is 5.82 Å². The number of benzene rings is 1. The maximum atomic E-state index is 14.5. The van der Waals surface area contributed by atoms with Crippen molar-refractivity contribution in [2.75, 3.05) is 20.0 Å². The summed E-state index contributed by atoms with van der Waals surface area (Å²) in [6.07, 6.45) is 1.10. The zero-order valence-corrected chi connectivity index (χ0v) is 15.6. The summed E-state index contributed by atoms with van der Waals surface area (Å²) < 4.78 is 24.6. The van der Waals surface area contributed by atoms with Gasteiger partial charge in [0.2, 0.25) is 0 Å². The van der Waals surface area contributed by atoms with Crippen molar-refractivity contribution < 1.29 is 13.9 Å². The van der Waals surface area contributed by atoms with Crippen LogP contribution in [0.1, 0.15) is 30.3 Å². The van der Waals surface area contributed by atoms with E-state index in [1.165, 1.54) is 32.0 Å². The Bertz CT molecular complexity index is 826. The lowest BCUT2D eigenvalue weighted by Gasteiger charge is -2.30. The van der Waals surface area contributed by atoms with Crippen molar-refractivity contribution in [3.63, 3.8) is 0 Å². The molecule has 3 rings (SSSR count). The van der Waals surface area contributed by atoms with Gasteiger partial charge in [-0.05, 0) is 31.0 Å². The fraction of sp³-hybridized carbons (Fsp3) is 0.412. The Morgan fingerprint density at radius 1 is 1.19 bits per heavy atom. The van der Waals surface area contributed by atoms with Crippen LogP contribution in [0.25, 0.3) is 0 Å². The molecule has 1 atom stereocenters. The molecule has 7 nitrogen and oxygen atoms in total. The molecule has 0 amide bonds. The summed E-state index contributed by atoms with van der Waals surface area (Å²) in [5.41, 5.74) is 6.55. The van der Waals surface area contributed by atoms with Crippen LogP contribution in [0.4, 0.5) is 4.39 Å². The molecule has 1 aliphatic heterocycles. The molecular formula is C17H20FN5O2S. The van der Waals surface area contributed by atoms with Crippen molar-refractivity contribution in [1.82, 2.24) is 15.0 Å². The Labute approximate surface area is 155 Å². The zero-order chi connectivity index (χ0) is 18.7. The van der Waals surface area contributed by atoms with Gasteiger partial charge in [0, 0.05) is 17.7 Å². The maximum Gasteiger partial charge on any atom is 0.322 e. The van der Waals surface area contributed by atoms with Gasteiger partial charge in [0.05, 0.1) is 19.8 Å². The molecule has 9 heteroatoms. The number of amidine groups is 1. The highest BCUT2D eigenvalue weighted by atomic mass is 32.2. The van der Waals surface area contributed by atoms with Gasteiger partial charge in [0.1, 0.15) is 11.6 Å². The number of hydrogen-bond donors (Lipinski definition) is 1. The minimum atomic E-state index is -0.677. The number of thioether (sulfide) groups is 1. The third-order valence-electron chi connectivity index (χ3n) is 4.17. The van der Waals surface area contributed by atoms with Gasteiger partial charge in [-0.25, -0.2) is 4.39 Å². The standard InChI is InChI=1S/C17H20FN5O2S/c1-17(6-7-26-14(19)23-17)11-8-10(4-5-12(11)18)9-13-20-15(24-2)22-16(21-13)25-3/h4-5,8H,6-7,9H2,1-3H3,(H2,19,23)/t17-/m0/s1. The Balaban J connectivity index is 1.95. The topological polar surface area (TPSA) is 95.5 Å². The van der Waals surface area contributed by atoms with E-state index in [4.69, 9.17) is 15.2 Å². The average molecular weight is 377 g/mol. The van der Waals surface area contributed by atoms with Crippen LogP contribution in [0.5, 0.6) is 12.0 Å². The van der Waals surface area contributed by atoms with Gasteiger partial charge in [0.25, 0.3) is 0 Å². The first-order valence-corrected chi connectivity index (χ1v) is 9.02. The van der Waals surface area contributed by atoms with Crippen LogP contribution in [-0.4, -0.2) is 40.1 Å². The lowest BCUT2D eigenvalue weighted by molar-refractivity contribution is 0.337. The van der Waals surface area contributed by atoms with Crippen molar-refractivity contribution in [3.8, 4) is 12.0 Å². The molecule has 0 radical (unpaired) electrons. The summed E-state index contributed by atoms with van der Waals surface area (Å²) in [6, 6.07) is 5.28. The van der Waals surface area contributed by atoms with Gasteiger partial charge >= 0.3 is 12.0 Å². The van der Waals surface area contributed by atoms with Gasteiger partial charge < -0.3 is 15.2 Å². The number of ether oxygens (including phenoxy) is 2. The van der Waals surface area contributed by atoms with Gasteiger partial charge in [-0.15, -0.1) is 4.98 Å². The maximum absolute atomic E-state index is 14.5. The van der Waals surface area contributed by atoms with Crippen molar-refractivity contribution in [2.24, 2.45) is 10.7 Å². The average Bonchev–Trinajstić information content (AvgIpc) is 2.62. The Hall–Kier alpha value is -2.42. The first-order valence-electron chi connectivity index (χ1n) is 8.03. The molecule has 0 bridgehead atoms. The third kappa shape index (κ3) is 3.87. The Morgan fingerprint density at radius 2 is 1.88 bits per heavy atom. The summed E-state index contributed by atoms with van der Waals surface area (Å²) in [6.45, 7) is 1.90. The summed E-state index contributed by atoms with van der Waals surface area (Å²) in [5.74, 6) is 0.973. The van der Waals surface area contributed by atoms with Crippen molar-refractivity contribution >= 4 is 16.9 Å². The van der Waals surface area contributed by atoms with Crippen molar-refractivity contribution in [2.45, 2.75) is 25.3 Å². The lowest BCUT2D eigenvalue weighted by Crippen LogP contribution is -2.29. The first-order chi connectivity index (χ1) is 12.4. The fourth-order valence-electron chi connectivity index (χ4n) is 2.80. The molecule has 0 aliphatic carbocycles. The molecule has 1 aromatic heterocycles. The number of halogens is 1. The van der Waals surface area contributed by atoms with Gasteiger partial charge in [-0.1, -0.05) is 17.8 Å². The predicted molar refractivity (Wildman–Crippen MR) is 98.2 cm³/mol. The molecule has 1 aromatic carbocycles. The Kier molecular flexibility index (Phi) is 5.26. The molecule has 0 spiro atoms. The Morgan fingerprint density at radius 3 is 2.50 bits per heavy atom. The van der Waals surface area contributed by atoms with E-state index >= 15 is 0 Å². The van der Waals surface area contributed by atoms with Crippen LogP contribution in [-0.2, 0) is 12.0 Å². The van der Waals surface area contributed by atoms with Crippen molar-refractivity contribution in [3.05, 3.63) is 41.0 Å². The SMILES string of the molecule is COc1nc(Cc2ccc(F)c([C@]3(C)CCSC(N)=N3)c2)nc(OC)n1. The second-order valence-electron chi connectivity index (χ2n) is 6.04. The monoisotopic (exact) mass is 377 g/mol. The van der Waals surface area contributed by atoms with Crippen LogP contribution >= 0.6 is 11.8 Å². The summed E-state index contributed by atoms with van der Waals surface area (Å²) >= 11 is 1.49. The molecule has 2 aromatic rings.